The van der Waals surface area contributed by atoms with E-state index in [1.807, 2.05) is 30.6 Å². The van der Waals surface area contributed by atoms with Gasteiger partial charge in [-0.05, 0) is 18.6 Å². The van der Waals surface area contributed by atoms with Crippen molar-refractivity contribution in [1.29, 1.82) is 5.26 Å². The number of H-pyrrole nitrogens is 1. The predicted molar refractivity (Wildman–Crippen MR) is 95.0 cm³/mol. The summed E-state index contributed by atoms with van der Waals surface area (Å²) in [6, 6.07) is 5.99. The molecule has 1 atom stereocenters. The number of fused-ring (bicyclic) bond motifs is 3. The van der Waals surface area contributed by atoms with Gasteiger partial charge in [0.25, 0.3) is 0 Å². The molecule has 1 fully saturated rings. The number of hydrogen-bond donors (Lipinski definition) is 1. The van der Waals surface area contributed by atoms with Gasteiger partial charge in [0.15, 0.2) is 0 Å². The van der Waals surface area contributed by atoms with E-state index in [0.29, 0.717) is 6.54 Å². The largest absolute Gasteiger partial charge is 0.355 e. The average molecular weight is 334 g/mol. The number of pyridine rings is 2. The number of aromatic amines is 1. The Balaban J connectivity index is 1.68. The van der Waals surface area contributed by atoms with E-state index in [-0.39, 0.29) is 18.4 Å². The number of hydrogen-bond acceptors (Lipinski definition) is 5. The van der Waals surface area contributed by atoms with Crippen LogP contribution in [-0.2, 0) is 4.79 Å². The van der Waals surface area contributed by atoms with Crippen molar-refractivity contribution in [2.24, 2.45) is 5.92 Å². The number of carbonyl (C=O) groups is 1. The van der Waals surface area contributed by atoms with Gasteiger partial charge in [-0.15, -0.1) is 0 Å². The maximum absolute atomic E-state index is 12.5. The minimum Gasteiger partial charge on any atom is -0.355 e. The third-order valence-corrected chi connectivity index (χ3v) is 4.81. The molecule has 0 saturated carbocycles. The second-order valence-corrected chi connectivity index (χ2v) is 6.38. The topological polar surface area (TPSA) is 88.9 Å². The Bertz CT molecular complexity index is 988. The number of nitrogens with one attached hydrogen (secondary N) is 1. The van der Waals surface area contributed by atoms with E-state index < -0.39 is 0 Å². The van der Waals surface area contributed by atoms with Crippen molar-refractivity contribution in [3.63, 3.8) is 0 Å². The molecule has 0 spiro atoms. The summed E-state index contributed by atoms with van der Waals surface area (Å²) in [4.78, 5) is 28.3. The quantitative estimate of drug-likeness (QED) is 0.739. The lowest BCUT2D eigenvalue weighted by Gasteiger charge is -2.21. The molecule has 7 heteroatoms. The fraction of sp³-hybridized carbons (Fsp3) is 0.333. The molecule has 25 heavy (non-hydrogen) atoms. The highest BCUT2D eigenvalue weighted by molar-refractivity contribution is 6.10. The van der Waals surface area contributed by atoms with Crippen molar-refractivity contribution in [3.05, 3.63) is 30.7 Å². The Morgan fingerprint density at radius 1 is 1.48 bits per heavy atom. The van der Waals surface area contributed by atoms with E-state index in [2.05, 4.69) is 19.9 Å². The molecule has 1 saturated heterocycles. The van der Waals surface area contributed by atoms with E-state index in [1.165, 1.54) is 4.90 Å². The predicted octanol–water partition coefficient (Wildman–Crippen LogP) is 1.92. The van der Waals surface area contributed by atoms with Crippen LogP contribution >= 0.6 is 0 Å². The highest BCUT2D eigenvalue weighted by Gasteiger charge is 2.31. The zero-order valence-electron chi connectivity index (χ0n) is 13.9. The smallest absolute Gasteiger partial charge is 0.228 e. The van der Waals surface area contributed by atoms with Crippen molar-refractivity contribution in [2.75, 3.05) is 31.6 Å². The molecular formula is C18H18N6O. The number of amides is 1. The van der Waals surface area contributed by atoms with Crippen LogP contribution in [0, 0.1) is 17.2 Å². The first kappa shape index (κ1) is 15.4. The molecule has 1 aliphatic heterocycles. The summed E-state index contributed by atoms with van der Waals surface area (Å²) in [7, 11) is 1.68. The lowest BCUT2D eigenvalue weighted by molar-refractivity contribution is -0.132. The Kier molecular flexibility index (Phi) is 3.73. The van der Waals surface area contributed by atoms with Gasteiger partial charge in [-0.2, -0.15) is 5.26 Å². The second kappa shape index (κ2) is 6.06. The van der Waals surface area contributed by atoms with Crippen molar-refractivity contribution in [2.45, 2.75) is 6.42 Å². The maximum atomic E-state index is 12.5. The number of nitriles is 1. The highest BCUT2D eigenvalue weighted by atomic mass is 16.2. The molecular weight excluding hydrogens is 316 g/mol. The number of rotatable bonds is 3. The molecule has 0 bridgehead atoms. The van der Waals surface area contributed by atoms with Gasteiger partial charge in [-0.3, -0.25) is 4.79 Å². The Morgan fingerprint density at radius 3 is 3.20 bits per heavy atom. The minimum absolute atomic E-state index is 0.0257. The number of anilines is 1. The molecule has 4 heterocycles. The summed E-state index contributed by atoms with van der Waals surface area (Å²) in [5, 5.41) is 11.9. The van der Waals surface area contributed by atoms with E-state index in [1.54, 1.807) is 13.2 Å². The third-order valence-electron chi connectivity index (χ3n) is 4.81. The molecule has 3 aromatic heterocycles. The monoisotopic (exact) mass is 334 g/mol. The van der Waals surface area contributed by atoms with E-state index in [9.17, 15) is 4.79 Å². The molecule has 0 aliphatic carbocycles. The van der Waals surface area contributed by atoms with Crippen molar-refractivity contribution < 1.29 is 4.79 Å². The zero-order valence-corrected chi connectivity index (χ0v) is 13.9. The first-order chi connectivity index (χ1) is 12.2. The van der Waals surface area contributed by atoms with Crippen LogP contribution in [0.4, 0.5) is 5.82 Å². The summed E-state index contributed by atoms with van der Waals surface area (Å²) in [5.41, 5.74) is 0.835. The lowest BCUT2D eigenvalue weighted by atomic mass is 10.1. The summed E-state index contributed by atoms with van der Waals surface area (Å²) in [6.45, 7) is 1.52. The Morgan fingerprint density at radius 2 is 2.36 bits per heavy atom. The van der Waals surface area contributed by atoms with Crippen LogP contribution in [-0.4, -0.2) is 52.4 Å². The first-order valence-electron chi connectivity index (χ1n) is 8.26. The molecule has 3 aromatic rings. The molecule has 4 rings (SSSR count). The van der Waals surface area contributed by atoms with Gasteiger partial charge < -0.3 is 14.8 Å². The van der Waals surface area contributed by atoms with Crippen LogP contribution in [0.3, 0.4) is 0 Å². The lowest BCUT2D eigenvalue weighted by Crippen LogP contribution is -2.35. The summed E-state index contributed by atoms with van der Waals surface area (Å²) in [5.74, 6) is 0.819. The first-order valence-corrected chi connectivity index (χ1v) is 8.26. The normalized spacial score (nSPS) is 17.1. The molecule has 1 aliphatic rings. The van der Waals surface area contributed by atoms with E-state index in [4.69, 9.17) is 5.26 Å². The van der Waals surface area contributed by atoms with E-state index >= 15 is 0 Å². The van der Waals surface area contributed by atoms with Crippen LogP contribution in [0.5, 0.6) is 0 Å². The Hall–Kier alpha value is -3.14. The molecule has 0 aromatic carbocycles. The average Bonchev–Trinajstić information content (AvgIpc) is 3.30. The summed E-state index contributed by atoms with van der Waals surface area (Å²) in [6.07, 6.45) is 6.28. The van der Waals surface area contributed by atoms with Crippen LogP contribution in [0.2, 0.25) is 0 Å². The summed E-state index contributed by atoms with van der Waals surface area (Å²) >= 11 is 0. The third kappa shape index (κ3) is 2.56. The molecule has 7 nitrogen and oxygen atoms in total. The van der Waals surface area contributed by atoms with Gasteiger partial charge in [0.05, 0.1) is 12.0 Å². The van der Waals surface area contributed by atoms with Crippen LogP contribution < -0.4 is 4.90 Å². The van der Waals surface area contributed by atoms with Crippen LogP contribution in [0.1, 0.15) is 6.42 Å². The van der Waals surface area contributed by atoms with Gasteiger partial charge in [-0.1, -0.05) is 0 Å². The molecule has 1 N–H and O–H groups in total. The second-order valence-electron chi connectivity index (χ2n) is 6.38. The fourth-order valence-corrected chi connectivity index (χ4v) is 3.54. The van der Waals surface area contributed by atoms with E-state index in [0.717, 1.165) is 40.6 Å². The molecule has 1 amide bonds. The van der Waals surface area contributed by atoms with Crippen LogP contribution in [0.25, 0.3) is 21.8 Å². The fourth-order valence-electron chi connectivity index (χ4n) is 3.54. The number of nitrogens with zero attached hydrogens (tertiary/aromatic N) is 5. The Labute approximate surface area is 144 Å². The molecule has 126 valence electrons. The highest BCUT2D eigenvalue weighted by Crippen LogP contribution is 2.33. The number of carbonyl (C=O) groups excluding carboxylic acids is 1. The maximum Gasteiger partial charge on any atom is 0.228 e. The molecule has 1 unspecified atom stereocenters. The standard InChI is InChI=1S/C18H18N6O/c1-23(9-5-19)18(25)13-4-8-24(11-13)17-15-12(2-6-21-17)10-22-16-14(15)3-7-20-16/h2-3,6-7,10,13H,4,8-9,11H2,1H3,(H,20,22). The minimum atomic E-state index is -0.0982. The van der Waals surface area contributed by atoms with Crippen molar-refractivity contribution in [3.8, 4) is 6.07 Å². The van der Waals surface area contributed by atoms with Crippen molar-refractivity contribution >= 4 is 33.5 Å². The van der Waals surface area contributed by atoms with Gasteiger partial charge in [0, 0.05) is 54.9 Å². The number of aromatic nitrogens is 3. The van der Waals surface area contributed by atoms with Gasteiger partial charge in [-0.25, -0.2) is 9.97 Å². The van der Waals surface area contributed by atoms with Gasteiger partial charge in [0.1, 0.15) is 18.0 Å². The van der Waals surface area contributed by atoms with Gasteiger partial charge in [0.2, 0.25) is 5.91 Å². The zero-order chi connectivity index (χ0) is 17.4. The van der Waals surface area contributed by atoms with Gasteiger partial charge >= 0.3 is 0 Å². The SMILES string of the molecule is CN(CC#N)C(=O)C1CCN(c2nccc3cnc4[nH]ccc4c23)C1. The van der Waals surface area contributed by atoms with Crippen molar-refractivity contribution in [1.82, 2.24) is 19.9 Å². The van der Waals surface area contributed by atoms with Crippen LogP contribution in [0.15, 0.2) is 30.7 Å². The summed E-state index contributed by atoms with van der Waals surface area (Å²) < 4.78 is 0. The molecule has 0 radical (unpaired) electrons.